The van der Waals surface area contributed by atoms with Crippen LogP contribution in [-0.4, -0.2) is 12.0 Å². The fraction of sp³-hybridized carbons (Fsp3) is 1.00. The van der Waals surface area contributed by atoms with Gasteiger partial charge in [0.15, 0.2) is 0 Å². The standard InChI is InChI=1S/C3H8ClPS3/c1-3-8-5(4,6)7-2/h3H2,1-2H3. The molecule has 0 aliphatic carbocycles. The van der Waals surface area contributed by atoms with Crippen LogP contribution in [0.25, 0.3) is 0 Å². The quantitative estimate of drug-likeness (QED) is 0.648. The van der Waals surface area contributed by atoms with Gasteiger partial charge in [0.1, 0.15) is 3.79 Å². The van der Waals surface area contributed by atoms with Gasteiger partial charge in [-0.25, -0.2) is 0 Å². The van der Waals surface area contributed by atoms with E-state index in [1.807, 2.05) is 6.26 Å². The van der Waals surface area contributed by atoms with E-state index < -0.39 is 3.79 Å². The third kappa shape index (κ3) is 4.51. The molecule has 1 unspecified atom stereocenters. The van der Waals surface area contributed by atoms with Crippen molar-refractivity contribution in [2.24, 2.45) is 0 Å². The van der Waals surface area contributed by atoms with E-state index in [2.05, 4.69) is 6.92 Å². The summed E-state index contributed by atoms with van der Waals surface area (Å²) in [7, 11) is 0. The monoisotopic (exact) mass is 206 g/mol. The molecule has 0 amide bonds. The molecule has 0 aromatic carbocycles. The molecule has 0 saturated heterocycles. The zero-order valence-electron chi connectivity index (χ0n) is 4.76. The first kappa shape index (κ1) is 9.64. The summed E-state index contributed by atoms with van der Waals surface area (Å²) in [6.45, 7) is 2.07. The summed E-state index contributed by atoms with van der Waals surface area (Å²) in [5, 5.41) is 0. The van der Waals surface area contributed by atoms with Crippen molar-refractivity contribution < 1.29 is 0 Å². The van der Waals surface area contributed by atoms with E-state index in [0.717, 1.165) is 5.75 Å². The number of hydrogen-bond acceptors (Lipinski definition) is 3. The molecular weight excluding hydrogens is 199 g/mol. The lowest BCUT2D eigenvalue weighted by Crippen LogP contribution is -1.58. The first-order chi connectivity index (χ1) is 3.62. The van der Waals surface area contributed by atoms with Gasteiger partial charge in [0.2, 0.25) is 0 Å². The Morgan fingerprint density at radius 3 is 2.38 bits per heavy atom. The predicted octanol–water partition coefficient (Wildman–Crippen LogP) is 3.57. The number of halogens is 1. The summed E-state index contributed by atoms with van der Waals surface area (Å²) >= 11 is 14.2. The molecule has 0 aromatic heterocycles. The van der Waals surface area contributed by atoms with E-state index in [9.17, 15) is 0 Å². The molecule has 0 aromatic rings. The molecule has 0 aliphatic heterocycles. The second-order valence-electron chi connectivity index (χ2n) is 1.03. The van der Waals surface area contributed by atoms with Crippen molar-refractivity contribution in [3.05, 3.63) is 0 Å². The van der Waals surface area contributed by atoms with Gasteiger partial charge in [-0.15, -0.1) is 11.4 Å². The van der Waals surface area contributed by atoms with E-state index in [1.54, 1.807) is 22.8 Å². The molecule has 0 heterocycles. The van der Waals surface area contributed by atoms with Gasteiger partial charge in [0.25, 0.3) is 0 Å². The maximum atomic E-state index is 5.87. The van der Waals surface area contributed by atoms with Crippen molar-refractivity contribution in [2.45, 2.75) is 6.92 Å². The minimum atomic E-state index is -1.53. The first-order valence-corrected chi connectivity index (χ1v) is 9.25. The van der Waals surface area contributed by atoms with E-state index in [-0.39, 0.29) is 0 Å². The second kappa shape index (κ2) is 4.45. The third-order valence-corrected chi connectivity index (χ3v) is 11.2. The second-order valence-corrected chi connectivity index (χ2v) is 15.3. The molecule has 1 atom stereocenters. The van der Waals surface area contributed by atoms with Gasteiger partial charge in [-0.3, -0.25) is 0 Å². The van der Waals surface area contributed by atoms with Crippen LogP contribution < -0.4 is 0 Å². The minimum absolute atomic E-state index is 1.03. The molecule has 0 radical (unpaired) electrons. The van der Waals surface area contributed by atoms with Crippen molar-refractivity contribution >= 4 is 49.6 Å². The highest BCUT2D eigenvalue weighted by Gasteiger charge is 2.08. The van der Waals surface area contributed by atoms with Crippen LogP contribution in [0.4, 0.5) is 0 Å². The van der Waals surface area contributed by atoms with Gasteiger partial charge >= 0.3 is 0 Å². The van der Waals surface area contributed by atoms with Crippen molar-refractivity contribution in [3.8, 4) is 0 Å². The summed E-state index contributed by atoms with van der Waals surface area (Å²) in [5.41, 5.74) is 0. The SMILES string of the molecule is CCSP(=S)(Cl)SC. The molecule has 0 fully saturated rings. The van der Waals surface area contributed by atoms with Crippen LogP contribution >= 0.6 is 37.8 Å². The van der Waals surface area contributed by atoms with Gasteiger partial charge in [0.05, 0.1) is 0 Å². The fourth-order valence-corrected chi connectivity index (χ4v) is 5.59. The summed E-state index contributed by atoms with van der Waals surface area (Å²) in [6.07, 6.45) is 1.97. The van der Waals surface area contributed by atoms with E-state index >= 15 is 0 Å². The van der Waals surface area contributed by atoms with E-state index in [0.29, 0.717) is 0 Å². The Morgan fingerprint density at radius 1 is 1.75 bits per heavy atom. The largest absolute Gasteiger partial charge is 0.140 e. The maximum absolute atomic E-state index is 5.87. The van der Waals surface area contributed by atoms with Gasteiger partial charge in [-0.2, -0.15) is 0 Å². The Hall–Kier alpha value is 1.64. The lowest BCUT2D eigenvalue weighted by atomic mass is 11.0. The van der Waals surface area contributed by atoms with Crippen LogP contribution in [0.15, 0.2) is 0 Å². The molecule has 0 spiro atoms. The highest BCUT2D eigenvalue weighted by atomic mass is 35.7. The Labute approximate surface area is 68.4 Å². The Morgan fingerprint density at radius 2 is 2.25 bits per heavy atom. The molecule has 8 heavy (non-hydrogen) atoms. The first-order valence-electron chi connectivity index (χ1n) is 2.12. The molecule has 0 bridgehead atoms. The van der Waals surface area contributed by atoms with Gasteiger partial charge < -0.3 is 0 Å². The van der Waals surface area contributed by atoms with Crippen LogP contribution in [0.5, 0.6) is 0 Å². The molecular formula is C3H8ClPS3. The maximum Gasteiger partial charge on any atom is 0.140 e. The molecule has 0 rings (SSSR count). The van der Waals surface area contributed by atoms with Crippen molar-refractivity contribution in [1.29, 1.82) is 0 Å². The third-order valence-electron chi connectivity index (χ3n) is 0.501. The predicted molar refractivity (Wildman–Crippen MR) is 51.8 cm³/mol. The van der Waals surface area contributed by atoms with Crippen molar-refractivity contribution in [2.75, 3.05) is 12.0 Å². The average molecular weight is 207 g/mol. The minimum Gasteiger partial charge on any atom is -0.103 e. The summed E-state index contributed by atoms with van der Waals surface area (Å²) in [5.74, 6) is 1.03. The molecule has 0 nitrogen and oxygen atoms in total. The van der Waals surface area contributed by atoms with Gasteiger partial charge in [-0.05, 0) is 12.0 Å². The van der Waals surface area contributed by atoms with Crippen molar-refractivity contribution in [1.82, 2.24) is 0 Å². The lowest BCUT2D eigenvalue weighted by Gasteiger charge is -2.06. The summed E-state index contributed by atoms with van der Waals surface area (Å²) < 4.78 is -1.53. The molecule has 5 heteroatoms. The summed E-state index contributed by atoms with van der Waals surface area (Å²) in [4.78, 5) is 0. The lowest BCUT2D eigenvalue weighted by molar-refractivity contribution is 1.54. The molecule has 0 saturated carbocycles. The smallest absolute Gasteiger partial charge is 0.103 e. The van der Waals surface area contributed by atoms with Gasteiger partial charge in [0, 0.05) is 0 Å². The van der Waals surface area contributed by atoms with Crippen LogP contribution in [0, 0.1) is 0 Å². The number of rotatable bonds is 3. The van der Waals surface area contributed by atoms with E-state index in [1.165, 1.54) is 0 Å². The van der Waals surface area contributed by atoms with Crippen LogP contribution in [0.2, 0.25) is 0 Å². The zero-order chi connectivity index (χ0) is 6.62. The highest BCUT2D eigenvalue weighted by molar-refractivity contribution is 9.06. The molecule has 50 valence electrons. The van der Waals surface area contributed by atoms with Gasteiger partial charge in [-0.1, -0.05) is 41.4 Å². The topological polar surface area (TPSA) is 0 Å². The zero-order valence-corrected chi connectivity index (χ0v) is 8.86. The summed E-state index contributed by atoms with van der Waals surface area (Å²) in [6, 6.07) is 0. The van der Waals surface area contributed by atoms with E-state index in [4.69, 9.17) is 23.0 Å². The van der Waals surface area contributed by atoms with Crippen LogP contribution in [0.1, 0.15) is 6.92 Å². The number of hydrogen-bond donors (Lipinski definition) is 0. The Bertz CT molecular complexity index is 105. The Kier molecular flexibility index (Phi) is 5.37. The molecule has 0 N–H and O–H groups in total. The normalized spacial score (nSPS) is 17.9. The molecule has 0 aliphatic rings. The fourth-order valence-electron chi connectivity index (χ4n) is 0.207. The van der Waals surface area contributed by atoms with Crippen LogP contribution in [-0.2, 0) is 11.8 Å². The highest BCUT2D eigenvalue weighted by Crippen LogP contribution is 2.72. The van der Waals surface area contributed by atoms with Crippen LogP contribution in [0.3, 0.4) is 0 Å². The average Bonchev–Trinajstić information content (AvgIpc) is 1.67. The van der Waals surface area contributed by atoms with Crippen molar-refractivity contribution in [3.63, 3.8) is 0 Å². The Balaban J connectivity index is 3.55.